The molecule has 0 fully saturated rings. The number of hydrogen-bond acceptors (Lipinski definition) is 4. The van der Waals surface area contributed by atoms with Crippen molar-refractivity contribution in [2.75, 3.05) is 0 Å². The zero-order valence-electron chi connectivity index (χ0n) is 6.14. The van der Waals surface area contributed by atoms with Crippen molar-refractivity contribution in [1.82, 2.24) is 4.98 Å². The summed E-state index contributed by atoms with van der Waals surface area (Å²) in [5.74, 6) is 0.492. The highest BCUT2D eigenvalue weighted by Gasteiger charge is 2.00. The van der Waals surface area contributed by atoms with Crippen LogP contribution in [0.5, 0.6) is 0 Å². The summed E-state index contributed by atoms with van der Waals surface area (Å²) in [5, 5.41) is 12.0. The molecule has 1 N–H and O–H groups in total. The third-order valence-electron chi connectivity index (χ3n) is 1.50. The lowest BCUT2D eigenvalue weighted by atomic mass is 10.3. The first-order valence-electron chi connectivity index (χ1n) is 3.42. The molecule has 0 aliphatic rings. The van der Waals surface area contributed by atoms with Gasteiger partial charge in [0.15, 0.2) is 5.76 Å². The molecule has 0 spiro atoms. The van der Waals surface area contributed by atoms with Crippen molar-refractivity contribution < 1.29 is 9.62 Å². The monoisotopic (exact) mass is 162 g/mol. The Kier molecular flexibility index (Phi) is 1.51. The summed E-state index contributed by atoms with van der Waals surface area (Å²) in [5.41, 5.74) is 0.549. The Morgan fingerprint density at radius 2 is 2.50 bits per heavy atom. The van der Waals surface area contributed by atoms with E-state index in [0.717, 1.165) is 5.39 Å². The van der Waals surface area contributed by atoms with Crippen molar-refractivity contribution in [1.29, 1.82) is 0 Å². The maximum atomic E-state index is 8.23. The van der Waals surface area contributed by atoms with Gasteiger partial charge in [0.1, 0.15) is 6.21 Å². The smallest absolute Gasteiger partial charge is 0.226 e. The summed E-state index contributed by atoms with van der Waals surface area (Å²) in [7, 11) is 0. The summed E-state index contributed by atoms with van der Waals surface area (Å²) >= 11 is 0. The van der Waals surface area contributed by atoms with Crippen molar-refractivity contribution in [2.45, 2.75) is 0 Å². The van der Waals surface area contributed by atoms with Crippen molar-refractivity contribution >= 4 is 17.3 Å². The van der Waals surface area contributed by atoms with Gasteiger partial charge >= 0.3 is 0 Å². The van der Waals surface area contributed by atoms with Crippen LogP contribution in [0.25, 0.3) is 11.1 Å². The maximum absolute atomic E-state index is 8.23. The van der Waals surface area contributed by atoms with E-state index >= 15 is 0 Å². The van der Waals surface area contributed by atoms with E-state index in [9.17, 15) is 0 Å². The van der Waals surface area contributed by atoms with E-state index in [4.69, 9.17) is 9.62 Å². The van der Waals surface area contributed by atoms with Crippen LogP contribution in [0.15, 0.2) is 34.0 Å². The van der Waals surface area contributed by atoms with E-state index in [1.807, 2.05) is 12.1 Å². The third kappa shape index (κ3) is 1.03. The molecular formula is C8H6N2O2. The first-order chi connectivity index (χ1) is 5.90. The number of hydrogen-bond donors (Lipinski definition) is 1. The molecule has 2 rings (SSSR count). The van der Waals surface area contributed by atoms with Gasteiger partial charge in [0, 0.05) is 11.6 Å². The van der Waals surface area contributed by atoms with Crippen molar-refractivity contribution in [3.63, 3.8) is 0 Å². The second-order valence-corrected chi connectivity index (χ2v) is 2.29. The van der Waals surface area contributed by atoms with Gasteiger partial charge in [-0.3, -0.25) is 0 Å². The topological polar surface area (TPSA) is 58.6 Å². The largest absolute Gasteiger partial charge is 0.437 e. The van der Waals surface area contributed by atoms with E-state index in [-0.39, 0.29) is 0 Å². The lowest BCUT2D eigenvalue weighted by molar-refractivity contribution is 0.321. The van der Waals surface area contributed by atoms with Gasteiger partial charge in [-0.25, -0.2) is 4.98 Å². The fraction of sp³-hybridized carbons (Fsp3) is 0. The van der Waals surface area contributed by atoms with Gasteiger partial charge in [-0.15, -0.1) is 0 Å². The molecule has 2 heterocycles. The van der Waals surface area contributed by atoms with Crippen molar-refractivity contribution in [2.24, 2.45) is 5.16 Å². The van der Waals surface area contributed by atoms with Crippen molar-refractivity contribution in [3.05, 3.63) is 30.2 Å². The van der Waals surface area contributed by atoms with Crippen LogP contribution in [0.1, 0.15) is 5.76 Å². The Morgan fingerprint density at radius 3 is 3.25 bits per heavy atom. The van der Waals surface area contributed by atoms with Crippen LogP contribution in [0, 0.1) is 0 Å². The number of oxime groups is 1. The van der Waals surface area contributed by atoms with Gasteiger partial charge in [0.2, 0.25) is 5.71 Å². The third-order valence-corrected chi connectivity index (χ3v) is 1.50. The Morgan fingerprint density at radius 1 is 1.58 bits per heavy atom. The highest BCUT2D eigenvalue weighted by atomic mass is 16.4. The summed E-state index contributed by atoms with van der Waals surface area (Å²) in [6, 6.07) is 5.44. The Labute approximate surface area is 68.1 Å². The molecule has 12 heavy (non-hydrogen) atoms. The molecule has 0 aliphatic carbocycles. The first kappa shape index (κ1) is 6.84. The van der Waals surface area contributed by atoms with Crippen LogP contribution in [-0.4, -0.2) is 16.4 Å². The van der Waals surface area contributed by atoms with Crippen LogP contribution < -0.4 is 0 Å². The predicted molar refractivity (Wildman–Crippen MR) is 43.4 cm³/mol. The molecule has 0 aromatic carbocycles. The Balaban J connectivity index is 2.62. The molecule has 0 unspecified atom stereocenters. The molecule has 4 heteroatoms. The van der Waals surface area contributed by atoms with E-state index in [2.05, 4.69) is 10.1 Å². The molecule has 0 saturated carbocycles. The Bertz CT molecular complexity index is 387. The lowest BCUT2D eigenvalue weighted by Gasteiger charge is -1.81. The first-order valence-corrected chi connectivity index (χ1v) is 3.42. The van der Waals surface area contributed by atoms with Crippen molar-refractivity contribution in [3.8, 4) is 0 Å². The average Bonchev–Trinajstić information content (AvgIpc) is 2.47. The fourth-order valence-electron chi connectivity index (χ4n) is 1.01. The van der Waals surface area contributed by atoms with E-state index < -0.39 is 0 Å². The molecule has 0 atom stereocenters. The number of fused-ring (bicyclic) bond motifs is 1. The van der Waals surface area contributed by atoms with Gasteiger partial charge in [-0.2, -0.15) is 0 Å². The minimum Gasteiger partial charge on any atom is -0.437 e. The normalized spacial score (nSPS) is 11.3. The number of pyridine rings is 1. The molecular weight excluding hydrogens is 156 g/mol. The molecule has 2 aromatic rings. The van der Waals surface area contributed by atoms with Crippen LogP contribution in [0.2, 0.25) is 0 Å². The summed E-state index contributed by atoms with van der Waals surface area (Å²) in [6.45, 7) is 0. The Hall–Kier alpha value is -1.84. The minimum absolute atomic E-state index is 0.492. The van der Waals surface area contributed by atoms with Gasteiger partial charge in [0.05, 0.1) is 0 Å². The van der Waals surface area contributed by atoms with E-state index in [0.29, 0.717) is 11.5 Å². The second kappa shape index (κ2) is 2.65. The molecule has 0 aliphatic heterocycles. The van der Waals surface area contributed by atoms with Gasteiger partial charge < -0.3 is 9.62 Å². The number of aromatic nitrogens is 1. The summed E-state index contributed by atoms with van der Waals surface area (Å²) in [6.07, 6.45) is 2.87. The molecule has 4 nitrogen and oxygen atoms in total. The molecule has 60 valence electrons. The van der Waals surface area contributed by atoms with E-state index in [1.54, 1.807) is 12.3 Å². The fourth-order valence-corrected chi connectivity index (χ4v) is 1.01. The van der Waals surface area contributed by atoms with Gasteiger partial charge in [0.25, 0.3) is 0 Å². The average molecular weight is 162 g/mol. The zero-order chi connectivity index (χ0) is 8.39. The quantitative estimate of drug-likeness (QED) is 0.394. The number of rotatable bonds is 1. The van der Waals surface area contributed by atoms with Crippen LogP contribution in [0.3, 0.4) is 0 Å². The SMILES string of the molecule is O/N=C\c1cc2cccnc2o1. The zero-order valence-corrected chi connectivity index (χ0v) is 6.14. The highest BCUT2D eigenvalue weighted by molar-refractivity contribution is 5.84. The van der Waals surface area contributed by atoms with E-state index in [1.165, 1.54) is 6.21 Å². The lowest BCUT2D eigenvalue weighted by Crippen LogP contribution is -1.71. The number of nitrogens with zero attached hydrogens (tertiary/aromatic N) is 2. The predicted octanol–water partition coefficient (Wildman–Crippen LogP) is 1.64. The highest BCUT2D eigenvalue weighted by Crippen LogP contribution is 2.14. The standard InChI is InChI=1S/C8H6N2O2/c11-10-5-7-4-6-2-1-3-9-8(6)12-7/h1-5,11H/b10-5-. The van der Waals surface area contributed by atoms with Gasteiger partial charge in [-0.05, 0) is 18.2 Å². The molecule has 0 radical (unpaired) electrons. The number of furan rings is 1. The van der Waals surface area contributed by atoms with Crippen LogP contribution >= 0.6 is 0 Å². The van der Waals surface area contributed by atoms with Crippen LogP contribution in [0.4, 0.5) is 0 Å². The molecule has 0 amide bonds. The molecule has 2 aromatic heterocycles. The molecule has 0 bridgehead atoms. The van der Waals surface area contributed by atoms with Crippen LogP contribution in [-0.2, 0) is 0 Å². The summed E-state index contributed by atoms with van der Waals surface area (Å²) in [4.78, 5) is 3.97. The minimum atomic E-state index is 0.492. The molecule has 0 saturated heterocycles. The maximum Gasteiger partial charge on any atom is 0.226 e. The second-order valence-electron chi connectivity index (χ2n) is 2.29. The van der Waals surface area contributed by atoms with Gasteiger partial charge in [-0.1, -0.05) is 5.16 Å². The summed E-state index contributed by atoms with van der Waals surface area (Å²) < 4.78 is 5.19.